The summed E-state index contributed by atoms with van der Waals surface area (Å²) in [5.74, 6) is -0.0496. The van der Waals surface area contributed by atoms with Crippen molar-refractivity contribution in [3.8, 4) is 5.75 Å². The summed E-state index contributed by atoms with van der Waals surface area (Å²) in [4.78, 5) is 42.4. The van der Waals surface area contributed by atoms with Gasteiger partial charge in [0.25, 0.3) is 5.91 Å². The molecule has 5 atom stereocenters. The molecule has 4 aromatic rings. The van der Waals surface area contributed by atoms with Gasteiger partial charge in [0.05, 0.1) is 45.6 Å². The Hall–Kier alpha value is -4.37. The number of carbonyl (C=O) groups is 3. The maximum atomic E-state index is 15.2. The van der Waals surface area contributed by atoms with Gasteiger partial charge in [-0.05, 0) is 60.0 Å². The zero-order chi connectivity index (χ0) is 37.7. The lowest BCUT2D eigenvalue weighted by Crippen LogP contribution is -2.54. The fourth-order valence-corrected chi connectivity index (χ4v) is 13.0. The molecule has 3 aliphatic heterocycles. The second-order valence-corrected chi connectivity index (χ2v) is 20.2. The molecule has 1 N–H and O–H groups in total. The third kappa shape index (κ3) is 6.59. The number of anilines is 2. The van der Waals surface area contributed by atoms with Crippen LogP contribution in [0.25, 0.3) is 0 Å². The molecule has 4 heterocycles. The molecule has 12 nitrogen and oxygen atoms in total. The van der Waals surface area contributed by atoms with Crippen LogP contribution in [0.4, 0.5) is 11.4 Å². The minimum atomic E-state index is -2.35. The number of esters is 1. The number of hydrogen-bond acceptors (Lipinski definition) is 9. The minimum absolute atomic E-state index is 0.000576. The molecule has 7 rings (SSSR count). The fraction of sp³-hybridized carbons (Fsp3) is 0.410. The number of aryl methyl sites for hydroxylation is 1. The number of fused-ring (bicyclic) bond motifs is 2. The van der Waals surface area contributed by atoms with Gasteiger partial charge in [0.1, 0.15) is 5.75 Å². The summed E-state index contributed by atoms with van der Waals surface area (Å²) in [5.41, 5.74) is 2.70. The smallest absolute Gasteiger partial charge is 0.304 e. The van der Waals surface area contributed by atoms with Gasteiger partial charge in [-0.3, -0.25) is 24.0 Å². The maximum absolute atomic E-state index is 15.2. The number of hydrogen-bond donors (Lipinski definition) is 1. The van der Waals surface area contributed by atoms with E-state index in [-0.39, 0.29) is 42.4 Å². The molecule has 0 radical (unpaired) electrons. The lowest BCUT2D eigenvalue weighted by Gasteiger charge is -2.39. The topological polar surface area (TPSA) is 136 Å². The maximum Gasteiger partial charge on any atom is 0.304 e. The van der Waals surface area contributed by atoms with E-state index in [0.717, 1.165) is 32.7 Å². The second kappa shape index (κ2) is 14.5. The number of aliphatic hydroxyl groups is 1. The van der Waals surface area contributed by atoms with Crippen LogP contribution < -0.4 is 19.7 Å². The highest BCUT2D eigenvalue weighted by atomic mass is 79.9. The van der Waals surface area contributed by atoms with Gasteiger partial charge < -0.3 is 24.2 Å². The summed E-state index contributed by atoms with van der Waals surface area (Å²) in [5, 5.41) is 19.2. The van der Waals surface area contributed by atoms with Gasteiger partial charge in [-0.2, -0.15) is 0 Å². The summed E-state index contributed by atoms with van der Waals surface area (Å²) >= 11 is 3.69. The molecule has 2 amide bonds. The highest BCUT2D eigenvalue weighted by molar-refractivity contribution is 9.10. The SMILES string of the molecule is COc1ccc([Si](C)(C)[C@@H]2[C@@H](CCn3cc(CCO)nn3)O[C@]3(C(=O)N(Cc4ccc(N5C(=O)CC5OC(C)=O)cc4)c4ccc(Br)cc43)[C@H]2C)cc1. The van der Waals surface area contributed by atoms with Crippen molar-refractivity contribution in [2.45, 2.75) is 82.8 Å². The molecule has 2 saturated heterocycles. The molecule has 1 spiro atoms. The Kier molecular flexibility index (Phi) is 10.1. The normalized spacial score (nSPS) is 23.8. The number of aliphatic hydroxyl groups excluding tert-OH is 1. The van der Waals surface area contributed by atoms with Crippen molar-refractivity contribution >= 4 is 58.3 Å². The molecule has 1 aromatic heterocycles. The Morgan fingerprint density at radius 3 is 2.49 bits per heavy atom. The molecule has 1 unspecified atom stereocenters. The molecule has 278 valence electrons. The lowest BCUT2D eigenvalue weighted by molar-refractivity contribution is -0.154. The summed E-state index contributed by atoms with van der Waals surface area (Å²) < 4.78 is 20.7. The van der Waals surface area contributed by atoms with Crippen molar-refractivity contribution in [1.29, 1.82) is 0 Å². The van der Waals surface area contributed by atoms with E-state index in [4.69, 9.17) is 14.2 Å². The third-order valence-electron chi connectivity index (χ3n) is 11.2. The first-order valence-electron chi connectivity index (χ1n) is 17.9. The van der Waals surface area contributed by atoms with Crippen molar-refractivity contribution in [1.82, 2.24) is 15.0 Å². The first-order valence-corrected chi connectivity index (χ1v) is 21.8. The molecule has 3 aliphatic rings. The van der Waals surface area contributed by atoms with Crippen molar-refractivity contribution in [2.75, 3.05) is 23.5 Å². The van der Waals surface area contributed by atoms with Gasteiger partial charge in [-0.1, -0.05) is 70.6 Å². The monoisotopic (exact) mass is 801 g/mol. The van der Waals surface area contributed by atoms with Gasteiger partial charge in [0.2, 0.25) is 5.91 Å². The molecule has 0 saturated carbocycles. The Labute approximate surface area is 318 Å². The molecular weight excluding hydrogens is 758 g/mol. The average Bonchev–Trinajstić information content (AvgIpc) is 3.77. The molecule has 14 heteroatoms. The van der Waals surface area contributed by atoms with E-state index in [9.17, 15) is 14.7 Å². The zero-order valence-corrected chi connectivity index (χ0v) is 33.1. The lowest BCUT2D eigenvalue weighted by atomic mass is 9.82. The standard InChI is InChI=1S/C39H44BrN5O7Si/c1-24-37(53(4,5)31-13-11-30(50-3)12-14-31)34(16-18-43-23-28(17-19-46)41-42-43)52-39(24)32-20-27(40)8-15-33(32)44(38(39)49)22-26-6-9-29(10-7-26)45-35(48)21-36(45)51-25(2)47/h6-15,20,23-24,34,36-37,46H,16-19,21-22H2,1-5H3/t24-,34+,36?,37-,39+/m0/s1. The fourth-order valence-electron chi connectivity index (χ4n) is 8.58. The van der Waals surface area contributed by atoms with E-state index < -0.39 is 25.9 Å². The van der Waals surface area contributed by atoms with Crippen LogP contribution in [0, 0.1) is 5.92 Å². The highest BCUT2D eigenvalue weighted by Crippen LogP contribution is 2.60. The van der Waals surface area contributed by atoms with Gasteiger partial charge in [-0.25, -0.2) is 0 Å². The number of benzene rings is 3. The first-order chi connectivity index (χ1) is 25.4. The van der Waals surface area contributed by atoms with Crippen molar-refractivity contribution in [3.05, 3.63) is 94.2 Å². The van der Waals surface area contributed by atoms with E-state index in [2.05, 4.69) is 58.4 Å². The minimum Gasteiger partial charge on any atom is -0.497 e. The summed E-state index contributed by atoms with van der Waals surface area (Å²) in [6, 6.07) is 21.7. The quantitative estimate of drug-likeness (QED) is 0.119. The van der Waals surface area contributed by atoms with Gasteiger partial charge in [-0.15, -0.1) is 5.10 Å². The van der Waals surface area contributed by atoms with Crippen LogP contribution in [0.2, 0.25) is 18.6 Å². The number of nitrogens with zero attached hydrogens (tertiary/aromatic N) is 5. The Balaban J connectivity index is 1.22. The number of rotatable bonds is 12. The van der Waals surface area contributed by atoms with E-state index in [1.807, 2.05) is 65.7 Å². The van der Waals surface area contributed by atoms with Crippen LogP contribution in [0.1, 0.15) is 43.5 Å². The van der Waals surface area contributed by atoms with Crippen molar-refractivity contribution in [2.24, 2.45) is 5.92 Å². The van der Waals surface area contributed by atoms with Crippen LogP contribution in [-0.2, 0) is 49.0 Å². The summed E-state index contributed by atoms with van der Waals surface area (Å²) in [7, 11) is -0.687. The second-order valence-electron chi connectivity index (χ2n) is 14.6. The Morgan fingerprint density at radius 1 is 1.09 bits per heavy atom. The third-order valence-corrected chi connectivity index (χ3v) is 16.0. The Morgan fingerprint density at radius 2 is 1.83 bits per heavy atom. The zero-order valence-electron chi connectivity index (χ0n) is 30.5. The van der Waals surface area contributed by atoms with Gasteiger partial charge >= 0.3 is 5.97 Å². The molecule has 0 aliphatic carbocycles. The van der Waals surface area contributed by atoms with Crippen LogP contribution >= 0.6 is 15.9 Å². The Bertz CT molecular complexity index is 2020. The molecule has 0 bridgehead atoms. The average molecular weight is 803 g/mol. The number of amides is 2. The van der Waals surface area contributed by atoms with Crippen LogP contribution in [0.3, 0.4) is 0 Å². The number of aromatic nitrogens is 3. The van der Waals surface area contributed by atoms with Crippen molar-refractivity contribution < 1.29 is 33.7 Å². The first kappa shape index (κ1) is 37.0. The number of halogens is 1. The molecular formula is C39H44BrN5O7Si. The molecule has 53 heavy (non-hydrogen) atoms. The van der Waals surface area contributed by atoms with Crippen molar-refractivity contribution in [3.63, 3.8) is 0 Å². The van der Waals surface area contributed by atoms with E-state index in [1.54, 1.807) is 11.8 Å². The van der Waals surface area contributed by atoms with E-state index in [0.29, 0.717) is 31.6 Å². The van der Waals surface area contributed by atoms with E-state index >= 15 is 4.79 Å². The number of ether oxygens (including phenoxy) is 3. The molecule has 3 aromatic carbocycles. The number of β-lactam (4-membered cyclic amide) rings is 1. The number of carbonyl (C=O) groups excluding carboxylic acids is 3. The predicted octanol–water partition coefficient (Wildman–Crippen LogP) is 5.06. The van der Waals surface area contributed by atoms with Gasteiger partial charge in [0, 0.05) is 54.3 Å². The number of methoxy groups -OCH3 is 1. The van der Waals surface area contributed by atoms with Crippen LogP contribution in [-0.4, -0.2) is 72.0 Å². The van der Waals surface area contributed by atoms with E-state index in [1.165, 1.54) is 17.0 Å². The summed E-state index contributed by atoms with van der Waals surface area (Å²) in [6.45, 7) is 9.05. The summed E-state index contributed by atoms with van der Waals surface area (Å²) in [6.07, 6.45) is 2.18. The van der Waals surface area contributed by atoms with Crippen LogP contribution in [0.15, 0.2) is 77.4 Å². The predicted molar refractivity (Wildman–Crippen MR) is 204 cm³/mol. The highest BCUT2D eigenvalue weighted by Gasteiger charge is 2.66. The largest absolute Gasteiger partial charge is 0.497 e. The molecule has 2 fully saturated rings. The van der Waals surface area contributed by atoms with Gasteiger partial charge in [0.15, 0.2) is 11.8 Å². The van der Waals surface area contributed by atoms with Crippen LogP contribution in [0.5, 0.6) is 5.75 Å².